The van der Waals surface area contributed by atoms with Crippen LogP contribution in [0.4, 0.5) is 0 Å². The van der Waals surface area contributed by atoms with E-state index in [1.807, 2.05) is 0 Å². The van der Waals surface area contributed by atoms with E-state index in [0.29, 0.717) is 5.41 Å². The molecule has 2 saturated carbocycles. The summed E-state index contributed by atoms with van der Waals surface area (Å²) >= 11 is 0. The Labute approximate surface area is 108 Å². The largest absolute Gasteiger partial charge is 0.311 e. The zero-order valence-corrected chi connectivity index (χ0v) is 12.1. The van der Waals surface area contributed by atoms with E-state index >= 15 is 0 Å². The molecule has 0 spiro atoms. The molecule has 2 atom stereocenters. The zero-order chi connectivity index (χ0) is 12.3. The van der Waals surface area contributed by atoms with Gasteiger partial charge in [-0.3, -0.25) is 0 Å². The minimum absolute atomic E-state index is 0.606. The Balaban J connectivity index is 1.80. The molecule has 2 fully saturated rings. The average molecular weight is 237 g/mol. The number of hydrogen-bond acceptors (Lipinski definition) is 1. The fourth-order valence-corrected chi connectivity index (χ4v) is 3.78. The van der Waals surface area contributed by atoms with Gasteiger partial charge in [0.25, 0.3) is 0 Å². The highest BCUT2D eigenvalue weighted by Crippen LogP contribution is 2.36. The molecule has 0 amide bonds. The van der Waals surface area contributed by atoms with Crippen molar-refractivity contribution in [1.82, 2.24) is 5.32 Å². The second-order valence-electron chi connectivity index (χ2n) is 7.16. The van der Waals surface area contributed by atoms with Crippen molar-refractivity contribution in [3.8, 4) is 0 Å². The van der Waals surface area contributed by atoms with E-state index in [9.17, 15) is 0 Å². The van der Waals surface area contributed by atoms with Crippen LogP contribution in [0.5, 0.6) is 0 Å². The monoisotopic (exact) mass is 237 g/mol. The molecule has 2 unspecified atom stereocenters. The average Bonchev–Trinajstić information content (AvgIpc) is 2.32. The SMILES string of the molecule is CCC1CCCCC1NC1CCC(C)(C)CC1. The van der Waals surface area contributed by atoms with Crippen molar-refractivity contribution < 1.29 is 0 Å². The summed E-state index contributed by atoms with van der Waals surface area (Å²) in [7, 11) is 0. The molecule has 0 aromatic carbocycles. The molecule has 0 aliphatic heterocycles. The summed E-state index contributed by atoms with van der Waals surface area (Å²) in [6.07, 6.45) is 12.8. The summed E-state index contributed by atoms with van der Waals surface area (Å²) in [5, 5.41) is 4.00. The van der Waals surface area contributed by atoms with Gasteiger partial charge in [-0.2, -0.15) is 0 Å². The Morgan fingerprint density at radius 1 is 1.00 bits per heavy atom. The molecular formula is C16H31N. The third-order valence-electron chi connectivity index (χ3n) is 5.22. The normalized spacial score (nSPS) is 34.8. The number of hydrogen-bond donors (Lipinski definition) is 1. The van der Waals surface area contributed by atoms with Crippen molar-refractivity contribution >= 4 is 0 Å². The van der Waals surface area contributed by atoms with Crippen molar-refractivity contribution in [3.63, 3.8) is 0 Å². The van der Waals surface area contributed by atoms with Crippen molar-refractivity contribution in [2.75, 3.05) is 0 Å². The zero-order valence-electron chi connectivity index (χ0n) is 12.1. The number of nitrogens with one attached hydrogen (secondary N) is 1. The lowest BCUT2D eigenvalue weighted by Crippen LogP contribution is -2.46. The fraction of sp³-hybridized carbons (Fsp3) is 1.00. The van der Waals surface area contributed by atoms with Gasteiger partial charge in [0.05, 0.1) is 0 Å². The van der Waals surface area contributed by atoms with Gasteiger partial charge in [-0.15, -0.1) is 0 Å². The van der Waals surface area contributed by atoms with Gasteiger partial charge in [-0.05, 0) is 49.9 Å². The quantitative estimate of drug-likeness (QED) is 0.761. The van der Waals surface area contributed by atoms with Crippen molar-refractivity contribution in [1.29, 1.82) is 0 Å². The van der Waals surface area contributed by atoms with Gasteiger partial charge in [0.1, 0.15) is 0 Å². The molecule has 17 heavy (non-hydrogen) atoms. The van der Waals surface area contributed by atoms with Gasteiger partial charge in [0.2, 0.25) is 0 Å². The fourth-order valence-electron chi connectivity index (χ4n) is 3.78. The van der Waals surface area contributed by atoms with Crippen LogP contribution >= 0.6 is 0 Å². The summed E-state index contributed by atoms with van der Waals surface area (Å²) in [5.41, 5.74) is 0.606. The van der Waals surface area contributed by atoms with E-state index in [1.165, 1.54) is 57.8 Å². The molecule has 2 aliphatic rings. The summed E-state index contributed by atoms with van der Waals surface area (Å²) < 4.78 is 0. The van der Waals surface area contributed by atoms with E-state index in [4.69, 9.17) is 0 Å². The van der Waals surface area contributed by atoms with Gasteiger partial charge in [0.15, 0.2) is 0 Å². The third-order valence-corrected chi connectivity index (χ3v) is 5.22. The van der Waals surface area contributed by atoms with E-state index in [2.05, 4.69) is 26.1 Å². The van der Waals surface area contributed by atoms with E-state index in [-0.39, 0.29) is 0 Å². The lowest BCUT2D eigenvalue weighted by molar-refractivity contribution is 0.168. The summed E-state index contributed by atoms with van der Waals surface area (Å²) in [4.78, 5) is 0. The highest BCUT2D eigenvalue weighted by Gasteiger charge is 2.30. The lowest BCUT2D eigenvalue weighted by Gasteiger charge is -2.39. The van der Waals surface area contributed by atoms with Gasteiger partial charge >= 0.3 is 0 Å². The van der Waals surface area contributed by atoms with E-state index in [1.54, 1.807) is 0 Å². The first-order valence-electron chi connectivity index (χ1n) is 7.87. The molecule has 2 rings (SSSR count). The maximum atomic E-state index is 4.00. The van der Waals surface area contributed by atoms with Crippen LogP contribution in [-0.2, 0) is 0 Å². The Kier molecular flexibility index (Phi) is 4.52. The number of rotatable bonds is 3. The first kappa shape index (κ1) is 13.4. The molecule has 0 heterocycles. The van der Waals surface area contributed by atoms with Crippen molar-refractivity contribution in [2.45, 2.75) is 90.6 Å². The van der Waals surface area contributed by atoms with Crippen LogP contribution in [0, 0.1) is 11.3 Å². The van der Waals surface area contributed by atoms with Crippen LogP contribution in [0.25, 0.3) is 0 Å². The highest BCUT2D eigenvalue weighted by atomic mass is 15.0. The molecule has 0 aromatic rings. The third kappa shape index (κ3) is 3.71. The molecule has 0 saturated heterocycles. The topological polar surface area (TPSA) is 12.0 Å². The van der Waals surface area contributed by atoms with Gasteiger partial charge in [-0.1, -0.05) is 40.0 Å². The van der Waals surface area contributed by atoms with Crippen LogP contribution in [0.3, 0.4) is 0 Å². The Morgan fingerprint density at radius 2 is 1.65 bits per heavy atom. The molecule has 0 radical (unpaired) electrons. The standard InChI is InChI=1S/C16H31N/c1-4-13-7-5-6-8-15(13)17-14-9-11-16(2,3)12-10-14/h13-15,17H,4-12H2,1-3H3. The Bertz CT molecular complexity index is 224. The molecule has 1 nitrogen and oxygen atoms in total. The maximum Gasteiger partial charge on any atom is 0.00978 e. The van der Waals surface area contributed by atoms with Crippen molar-refractivity contribution in [2.24, 2.45) is 11.3 Å². The smallest absolute Gasteiger partial charge is 0.00978 e. The van der Waals surface area contributed by atoms with Crippen molar-refractivity contribution in [3.05, 3.63) is 0 Å². The van der Waals surface area contributed by atoms with Gasteiger partial charge < -0.3 is 5.32 Å². The van der Waals surface area contributed by atoms with Crippen LogP contribution in [0.2, 0.25) is 0 Å². The predicted molar refractivity (Wildman–Crippen MR) is 75.2 cm³/mol. The minimum atomic E-state index is 0.606. The van der Waals surface area contributed by atoms with Gasteiger partial charge in [0, 0.05) is 12.1 Å². The molecule has 1 heteroatoms. The molecule has 0 bridgehead atoms. The summed E-state index contributed by atoms with van der Waals surface area (Å²) in [6, 6.07) is 1.65. The lowest BCUT2D eigenvalue weighted by atomic mass is 9.74. The second-order valence-corrected chi connectivity index (χ2v) is 7.16. The minimum Gasteiger partial charge on any atom is -0.311 e. The molecule has 2 aliphatic carbocycles. The Morgan fingerprint density at radius 3 is 2.29 bits per heavy atom. The van der Waals surface area contributed by atoms with Crippen LogP contribution in [0.1, 0.15) is 78.6 Å². The highest BCUT2D eigenvalue weighted by molar-refractivity contribution is 4.87. The summed E-state index contributed by atoms with van der Waals surface area (Å²) in [5.74, 6) is 0.957. The van der Waals surface area contributed by atoms with Crippen LogP contribution in [0.15, 0.2) is 0 Å². The first-order valence-corrected chi connectivity index (χ1v) is 7.87. The van der Waals surface area contributed by atoms with Crippen LogP contribution in [-0.4, -0.2) is 12.1 Å². The summed E-state index contributed by atoms with van der Waals surface area (Å²) in [6.45, 7) is 7.23. The van der Waals surface area contributed by atoms with Gasteiger partial charge in [-0.25, -0.2) is 0 Å². The predicted octanol–water partition coefficient (Wildman–Crippen LogP) is 4.51. The molecule has 1 N–H and O–H groups in total. The maximum absolute atomic E-state index is 4.00. The molecule has 100 valence electrons. The van der Waals surface area contributed by atoms with E-state index in [0.717, 1.165) is 18.0 Å². The van der Waals surface area contributed by atoms with Crippen LogP contribution < -0.4 is 5.32 Å². The molecule has 0 aromatic heterocycles. The Hall–Kier alpha value is -0.0400. The van der Waals surface area contributed by atoms with E-state index < -0.39 is 0 Å². The molecular weight excluding hydrogens is 206 g/mol. The first-order chi connectivity index (χ1) is 8.11. The second kappa shape index (κ2) is 5.73.